The van der Waals surface area contributed by atoms with E-state index in [0.717, 1.165) is 12.1 Å². The van der Waals surface area contributed by atoms with Gasteiger partial charge in [-0.3, -0.25) is 0 Å². The normalized spacial score (nSPS) is 21.5. The van der Waals surface area contributed by atoms with Gasteiger partial charge < -0.3 is 10.0 Å². The van der Waals surface area contributed by atoms with E-state index in [1.807, 2.05) is 23.5 Å². The van der Waals surface area contributed by atoms with Crippen LogP contribution in [0.3, 0.4) is 0 Å². The van der Waals surface area contributed by atoms with Crippen LogP contribution in [0.1, 0.15) is 29.3 Å². The molecule has 1 aliphatic heterocycles. The summed E-state index contributed by atoms with van der Waals surface area (Å²) in [5.74, 6) is 0.433. The van der Waals surface area contributed by atoms with Crippen LogP contribution in [-0.4, -0.2) is 11.7 Å². The second-order valence-electron chi connectivity index (χ2n) is 6.08. The van der Waals surface area contributed by atoms with Crippen molar-refractivity contribution in [2.45, 2.75) is 25.4 Å². The molecule has 0 aliphatic carbocycles. The fourth-order valence-electron chi connectivity index (χ4n) is 3.69. The van der Waals surface area contributed by atoms with Crippen molar-refractivity contribution in [3.63, 3.8) is 0 Å². The quantitative estimate of drug-likeness (QED) is 0.760. The summed E-state index contributed by atoms with van der Waals surface area (Å²) in [6.07, 6.45) is 2.52. The number of likely N-dealkylation sites (tertiary alicyclic amines) is 1. The number of thiophene rings is 1. The molecule has 1 unspecified atom stereocenters. The molecule has 1 saturated heterocycles. The summed E-state index contributed by atoms with van der Waals surface area (Å²) in [4.78, 5) is 3.06. The lowest BCUT2D eigenvalue weighted by Crippen LogP contribution is -3.08. The summed E-state index contributed by atoms with van der Waals surface area (Å²) in [6.45, 7) is 2.08. The van der Waals surface area contributed by atoms with Crippen molar-refractivity contribution in [1.29, 1.82) is 0 Å². The number of phenolic OH excluding ortho intramolecular Hbond substituents is 1. The molecule has 0 radical (unpaired) electrons. The van der Waals surface area contributed by atoms with Crippen LogP contribution in [0.15, 0.2) is 53.9 Å². The van der Waals surface area contributed by atoms with Crippen molar-refractivity contribution in [2.75, 3.05) is 6.54 Å². The van der Waals surface area contributed by atoms with Crippen molar-refractivity contribution in [1.82, 2.24) is 0 Å². The number of hydrogen-bond acceptors (Lipinski definition) is 2. The van der Waals surface area contributed by atoms with E-state index >= 15 is 0 Å². The highest BCUT2D eigenvalue weighted by Crippen LogP contribution is 2.28. The number of aromatic hydroxyl groups is 1. The Labute approximate surface area is 134 Å². The molecule has 3 aromatic rings. The minimum absolute atomic E-state index is 0.433. The highest BCUT2D eigenvalue weighted by molar-refractivity contribution is 7.10. The Balaban J connectivity index is 1.70. The largest absolute Gasteiger partial charge is 0.507 e. The average molecular weight is 310 g/mol. The first kappa shape index (κ1) is 13.8. The van der Waals surface area contributed by atoms with Crippen LogP contribution in [-0.2, 0) is 6.54 Å². The molecule has 0 amide bonds. The molecule has 0 spiro atoms. The van der Waals surface area contributed by atoms with E-state index in [9.17, 15) is 5.11 Å². The smallest absolute Gasteiger partial charge is 0.125 e. The van der Waals surface area contributed by atoms with E-state index in [1.165, 1.54) is 35.0 Å². The van der Waals surface area contributed by atoms with Crippen LogP contribution in [0.5, 0.6) is 5.75 Å². The summed E-state index contributed by atoms with van der Waals surface area (Å²) in [7, 11) is 0. The van der Waals surface area contributed by atoms with Crippen LogP contribution in [0.2, 0.25) is 0 Å². The van der Waals surface area contributed by atoms with Gasteiger partial charge in [0.05, 0.1) is 17.0 Å². The van der Waals surface area contributed by atoms with Crippen LogP contribution in [0, 0.1) is 0 Å². The molecular weight excluding hydrogens is 290 g/mol. The van der Waals surface area contributed by atoms with Crippen LogP contribution in [0.4, 0.5) is 0 Å². The average Bonchev–Trinajstić information content (AvgIpc) is 3.21. The number of quaternary nitrogens is 1. The summed E-state index contributed by atoms with van der Waals surface area (Å²) < 4.78 is 0. The topological polar surface area (TPSA) is 24.7 Å². The van der Waals surface area contributed by atoms with Crippen molar-refractivity contribution in [3.8, 4) is 5.75 Å². The van der Waals surface area contributed by atoms with Gasteiger partial charge in [0, 0.05) is 12.8 Å². The monoisotopic (exact) mass is 310 g/mol. The molecule has 22 heavy (non-hydrogen) atoms. The Kier molecular flexibility index (Phi) is 3.60. The first-order valence-electron chi connectivity index (χ1n) is 7.90. The van der Waals surface area contributed by atoms with Crippen molar-refractivity contribution >= 4 is 22.1 Å². The zero-order chi connectivity index (χ0) is 14.9. The Bertz CT molecular complexity index is 781. The zero-order valence-electron chi connectivity index (χ0n) is 12.5. The van der Waals surface area contributed by atoms with Gasteiger partial charge in [-0.05, 0) is 28.3 Å². The van der Waals surface area contributed by atoms with Gasteiger partial charge >= 0.3 is 0 Å². The molecule has 2 atom stereocenters. The van der Waals surface area contributed by atoms with Gasteiger partial charge in [0.1, 0.15) is 18.3 Å². The van der Waals surface area contributed by atoms with Gasteiger partial charge in [-0.2, -0.15) is 0 Å². The first-order chi connectivity index (χ1) is 10.8. The predicted molar refractivity (Wildman–Crippen MR) is 91.4 cm³/mol. The summed E-state index contributed by atoms with van der Waals surface area (Å²) >= 11 is 1.86. The molecule has 2 N–H and O–H groups in total. The third kappa shape index (κ3) is 2.40. The van der Waals surface area contributed by atoms with Gasteiger partial charge in [0.2, 0.25) is 0 Å². The second-order valence-corrected chi connectivity index (χ2v) is 7.06. The molecule has 112 valence electrons. The maximum Gasteiger partial charge on any atom is 0.125 e. The SMILES string of the molecule is Oc1ccc2ccccc2c1C[NH+]1CCC[C@H]1c1cccs1. The molecule has 2 nitrogen and oxygen atoms in total. The number of fused-ring (bicyclic) bond motifs is 1. The number of benzene rings is 2. The first-order valence-corrected chi connectivity index (χ1v) is 8.78. The van der Waals surface area contributed by atoms with E-state index in [0.29, 0.717) is 11.8 Å². The fraction of sp³-hybridized carbons (Fsp3) is 0.263. The van der Waals surface area contributed by atoms with Gasteiger partial charge in [-0.25, -0.2) is 0 Å². The van der Waals surface area contributed by atoms with E-state index in [1.54, 1.807) is 4.90 Å². The Morgan fingerprint density at radius 2 is 2.00 bits per heavy atom. The van der Waals surface area contributed by atoms with Gasteiger partial charge in [0.15, 0.2) is 0 Å². The maximum absolute atomic E-state index is 10.4. The second kappa shape index (κ2) is 5.75. The molecule has 1 fully saturated rings. The number of rotatable bonds is 3. The van der Waals surface area contributed by atoms with Crippen molar-refractivity contribution in [3.05, 3.63) is 64.4 Å². The van der Waals surface area contributed by atoms with E-state index in [2.05, 4.69) is 41.8 Å². The standard InChI is InChI=1S/C19H19NOS/c21-18-10-9-14-5-1-2-6-15(14)16(18)13-20-11-3-7-17(20)19-8-4-12-22-19/h1-2,4-6,8-10,12,17,21H,3,7,11,13H2/p+1/t17-/m0/s1. The van der Waals surface area contributed by atoms with Crippen molar-refractivity contribution < 1.29 is 10.0 Å². The highest BCUT2D eigenvalue weighted by Gasteiger charge is 2.31. The Morgan fingerprint density at radius 3 is 2.86 bits per heavy atom. The molecule has 3 heteroatoms. The molecule has 4 rings (SSSR count). The molecule has 0 bridgehead atoms. The van der Waals surface area contributed by atoms with Crippen LogP contribution in [0.25, 0.3) is 10.8 Å². The predicted octanol–water partition coefficient (Wildman–Crippen LogP) is 3.53. The molecule has 1 aliphatic rings. The Morgan fingerprint density at radius 1 is 1.09 bits per heavy atom. The van der Waals surface area contributed by atoms with Crippen LogP contribution >= 0.6 is 11.3 Å². The van der Waals surface area contributed by atoms with E-state index < -0.39 is 0 Å². The molecule has 2 heterocycles. The minimum atomic E-state index is 0.433. The lowest BCUT2D eigenvalue weighted by atomic mass is 10.0. The lowest BCUT2D eigenvalue weighted by molar-refractivity contribution is -0.931. The minimum Gasteiger partial charge on any atom is -0.507 e. The van der Waals surface area contributed by atoms with Gasteiger partial charge in [-0.15, -0.1) is 11.3 Å². The fourth-order valence-corrected chi connectivity index (χ4v) is 4.61. The number of phenols is 1. The summed E-state index contributed by atoms with van der Waals surface area (Å²) in [5, 5.41) is 14.9. The number of nitrogens with one attached hydrogen (secondary N) is 1. The lowest BCUT2D eigenvalue weighted by Gasteiger charge is -2.22. The highest BCUT2D eigenvalue weighted by atomic mass is 32.1. The van der Waals surface area contributed by atoms with Crippen LogP contribution < -0.4 is 4.90 Å². The zero-order valence-corrected chi connectivity index (χ0v) is 13.3. The summed E-state index contributed by atoms with van der Waals surface area (Å²) in [5.41, 5.74) is 1.09. The summed E-state index contributed by atoms with van der Waals surface area (Å²) in [6, 6.07) is 17.2. The number of hydrogen-bond donors (Lipinski definition) is 2. The maximum atomic E-state index is 10.4. The third-order valence-corrected chi connectivity index (χ3v) is 5.78. The van der Waals surface area contributed by atoms with E-state index in [4.69, 9.17) is 0 Å². The van der Waals surface area contributed by atoms with Gasteiger partial charge in [0.25, 0.3) is 0 Å². The molecule has 2 aromatic carbocycles. The van der Waals surface area contributed by atoms with E-state index in [-0.39, 0.29) is 0 Å². The molecule has 1 aromatic heterocycles. The molecular formula is C19H20NOS+. The molecule has 0 saturated carbocycles. The van der Waals surface area contributed by atoms with Gasteiger partial charge in [-0.1, -0.05) is 36.4 Å². The third-order valence-electron chi connectivity index (χ3n) is 4.79. The van der Waals surface area contributed by atoms with Crippen molar-refractivity contribution in [2.24, 2.45) is 0 Å². The Hall–Kier alpha value is -1.84.